The average molecular weight is 380 g/mol. The molecule has 0 atom stereocenters. The minimum Gasteiger partial charge on any atom is -1.00 e. The minimum absolute atomic E-state index is 0. The first-order chi connectivity index (χ1) is 0. The predicted octanol–water partition coefficient (Wildman–Crippen LogP) is -7.64. The minimum atomic E-state index is 0. The van der Waals surface area contributed by atoms with E-state index in [2.05, 4.69) is 0 Å². The summed E-state index contributed by atoms with van der Waals surface area (Å²) in [7, 11) is 0. The molecule has 0 bridgehead atoms. The van der Waals surface area contributed by atoms with E-state index in [-0.39, 0.29) is 66.0 Å². The maximum Gasteiger partial charge on any atom is 2.00 e. The molecular formula is H4Br2O2W. The quantitative estimate of drug-likeness (QED) is 0.401. The first-order valence-corrected chi connectivity index (χ1v) is 0. The van der Waals surface area contributed by atoms with Crippen molar-refractivity contribution in [3.05, 3.63) is 0 Å². The van der Waals surface area contributed by atoms with Crippen molar-refractivity contribution in [3.63, 3.8) is 0 Å². The van der Waals surface area contributed by atoms with Crippen LogP contribution in [0.25, 0.3) is 0 Å². The summed E-state index contributed by atoms with van der Waals surface area (Å²) in [5.74, 6) is 0. The SMILES string of the molecule is O.O.[Br-].[Br-].[W+2]. The normalized spacial score (nSPS) is 0. The Hall–Kier alpha value is 1.57. The van der Waals surface area contributed by atoms with E-state index < -0.39 is 0 Å². The van der Waals surface area contributed by atoms with Crippen molar-refractivity contribution in [1.29, 1.82) is 0 Å². The summed E-state index contributed by atoms with van der Waals surface area (Å²) < 4.78 is 0. The summed E-state index contributed by atoms with van der Waals surface area (Å²) in [6, 6.07) is 0. The van der Waals surface area contributed by atoms with Crippen LogP contribution in [-0.4, -0.2) is 11.0 Å². The maximum atomic E-state index is 0. The zero-order valence-electron chi connectivity index (χ0n) is 2.16. The molecule has 0 aliphatic heterocycles. The molecule has 0 rings (SSSR count). The van der Waals surface area contributed by atoms with Gasteiger partial charge in [0.1, 0.15) is 0 Å². The molecule has 0 amide bonds. The molecule has 0 aromatic heterocycles. The van der Waals surface area contributed by atoms with E-state index in [0.717, 1.165) is 0 Å². The Kier molecular flexibility index (Phi) is 782. The molecule has 5 heteroatoms. The molecule has 0 aromatic rings. The molecule has 0 spiro atoms. The molecule has 5 heavy (non-hydrogen) atoms. The topological polar surface area (TPSA) is 63.0 Å². The number of halogens is 2. The van der Waals surface area contributed by atoms with Gasteiger partial charge >= 0.3 is 21.1 Å². The Labute approximate surface area is 65.7 Å². The van der Waals surface area contributed by atoms with Gasteiger partial charge in [-0.1, -0.05) is 0 Å². The van der Waals surface area contributed by atoms with Crippen molar-refractivity contribution in [2.45, 2.75) is 0 Å². The smallest absolute Gasteiger partial charge is 1.00 e. The van der Waals surface area contributed by atoms with E-state index in [1.165, 1.54) is 0 Å². The second kappa shape index (κ2) is 47.2. The van der Waals surface area contributed by atoms with Gasteiger partial charge in [0.15, 0.2) is 0 Å². The third-order valence-electron chi connectivity index (χ3n) is 0. The van der Waals surface area contributed by atoms with Crippen LogP contribution in [-0.2, 0) is 21.1 Å². The molecule has 0 aliphatic carbocycles. The summed E-state index contributed by atoms with van der Waals surface area (Å²) >= 11 is 0. The van der Waals surface area contributed by atoms with Gasteiger partial charge in [-0.2, -0.15) is 0 Å². The number of rotatable bonds is 0. The molecule has 0 heterocycles. The van der Waals surface area contributed by atoms with Crippen molar-refractivity contribution in [1.82, 2.24) is 0 Å². The fraction of sp³-hybridized carbons (Fsp3) is 0. The molecule has 4 N–H and O–H groups in total. The molecule has 0 aliphatic rings. The molecule has 0 saturated carbocycles. The van der Waals surface area contributed by atoms with Gasteiger partial charge < -0.3 is 44.9 Å². The molecule has 0 fully saturated rings. The first kappa shape index (κ1) is 82.8. The van der Waals surface area contributed by atoms with Gasteiger partial charge in [-0.05, 0) is 0 Å². The number of hydrogen-bond acceptors (Lipinski definition) is 0. The molecule has 2 nitrogen and oxygen atoms in total. The van der Waals surface area contributed by atoms with Gasteiger partial charge in [-0.15, -0.1) is 0 Å². The van der Waals surface area contributed by atoms with Crippen molar-refractivity contribution in [3.8, 4) is 0 Å². The number of hydrogen-bond donors (Lipinski definition) is 0. The van der Waals surface area contributed by atoms with E-state index in [1.807, 2.05) is 0 Å². The van der Waals surface area contributed by atoms with Gasteiger partial charge in [0, 0.05) is 0 Å². The van der Waals surface area contributed by atoms with Crippen LogP contribution < -0.4 is 34.0 Å². The van der Waals surface area contributed by atoms with Crippen LogP contribution in [0.3, 0.4) is 0 Å². The van der Waals surface area contributed by atoms with Crippen molar-refractivity contribution in [2.24, 2.45) is 0 Å². The van der Waals surface area contributed by atoms with Gasteiger partial charge in [-0.3, -0.25) is 0 Å². The Morgan fingerprint density at radius 3 is 0.600 bits per heavy atom. The van der Waals surface area contributed by atoms with E-state index in [9.17, 15) is 0 Å². The second-order valence-electron chi connectivity index (χ2n) is 0. The first-order valence-electron chi connectivity index (χ1n) is 0. The van der Waals surface area contributed by atoms with Crippen LogP contribution in [0.2, 0.25) is 0 Å². The van der Waals surface area contributed by atoms with Crippen LogP contribution in [0.5, 0.6) is 0 Å². The predicted molar refractivity (Wildman–Crippen MR) is 7.23 cm³/mol. The van der Waals surface area contributed by atoms with Crippen LogP contribution in [0.15, 0.2) is 0 Å². The van der Waals surface area contributed by atoms with Gasteiger partial charge in [0.2, 0.25) is 0 Å². The molecule has 0 radical (unpaired) electrons. The van der Waals surface area contributed by atoms with Gasteiger partial charge in [-0.25, -0.2) is 0 Å². The van der Waals surface area contributed by atoms with E-state index in [0.29, 0.717) is 0 Å². The van der Waals surface area contributed by atoms with Crippen molar-refractivity contribution >= 4 is 0 Å². The van der Waals surface area contributed by atoms with E-state index in [1.54, 1.807) is 0 Å². The Balaban J connectivity index is 0. The molecule has 0 unspecified atom stereocenters. The van der Waals surface area contributed by atoms with Crippen molar-refractivity contribution < 1.29 is 66.0 Å². The summed E-state index contributed by atoms with van der Waals surface area (Å²) in [5, 5.41) is 0. The second-order valence-corrected chi connectivity index (χ2v) is 0. The largest absolute Gasteiger partial charge is 2.00 e. The van der Waals surface area contributed by atoms with Gasteiger partial charge in [0.05, 0.1) is 0 Å². The summed E-state index contributed by atoms with van der Waals surface area (Å²) in [4.78, 5) is 0. The molecular weight excluding hydrogens is 376 g/mol. The fourth-order valence-electron chi connectivity index (χ4n) is 0. The summed E-state index contributed by atoms with van der Waals surface area (Å²) in [6.45, 7) is 0. The Bertz CT molecular complexity index is 7.61. The Morgan fingerprint density at radius 1 is 0.600 bits per heavy atom. The average Bonchev–Trinajstić information content (AvgIpc) is 0. The maximum absolute atomic E-state index is 0. The van der Waals surface area contributed by atoms with Crippen LogP contribution in [0, 0.1) is 0 Å². The summed E-state index contributed by atoms with van der Waals surface area (Å²) in [6.07, 6.45) is 0. The van der Waals surface area contributed by atoms with E-state index >= 15 is 0 Å². The zero-order chi connectivity index (χ0) is 0. The Morgan fingerprint density at radius 2 is 0.600 bits per heavy atom. The molecule has 0 aromatic carbocycles. The third kappa shape index (κ3) is 28.8. The van der Waals surface area contributed by atoms with Crippen molar-refractivity contribution in [2.75, 3.05) is 0 Å². The van der Waals surface area contributed by atoms with Crippen LogP contribution in [0.1, 0.15) is 0 Å². The third-order valence-corrected chi connectivity index (χ3v) is 0. The molecule has 36 valence electrons. The van der Waals surface area contributed by atoms with Crippen LogP contribution in [0.4, 0.5) is 0 Å². The molecule has 0 saturated heterocycles. The van der Waals surface area contributed by atoms with E-state index in [4.69, 9.17) is 0 Å². The van der Waals surface area contributed by atoms with Gasteiger partial charge in [0.25, 0.3) is 0 Å². The standard InChI is InChI=1S/2BrH.2H2O.W/h2*1H;2*1H2;/q;;;;+2/p-2. The van der Waals surface area contributed by atoms with Crippen LogP contribution >= 0.6 is 0 Å². The zero-order valence-corrected chi connectivity index (χ0v) is 8.27. The fourth-order valence-corrected chi connectivity index (χ4v) is 0. The summed E-state index contributed by atoms with van der Waals surface area (Å²) in [5.41, 5.74) is 0. The monoisotopic (exact) mass is 378 g/mol.